The molecule has 3 rings (SSSR count). The standard InChI is InChI=1S/C16H11BrN2S/c17-12-7-5-11(6-8-12)13(9-18)15-10-20-16-4-2-1-3-14(16)19-15/h1-8,19H,10H2/b15-13-. The molecule has 0 bridgehead atoms. The van der Waals surface area contributed by atoms with E-state index in [1.54, 1.807) is 11.8 Å². The number of nitrogens with zero attached hydrogens (tertiary/aromatic N) is 1. The van der Waals surface area contributed by atoms with Crippen LogP contribution in [0, 0.1) is 11.3 Å². The van der Waals surface area contributed by atoms with Gasteiger partial charge in [-0.05, 0) is 29.8 Å². The van der Waals surface area contributed by atoms with E-state index in [4.69, 9.17) is 0 Å². The monoisotopic (exact) mass is 342 g/mol. The minimum atomic E-state index is 0.708. The highest BCUT2D eigenvalue weighted by molar-refractivity contribution is 9.10. The molecule has 1 heterocycles. The normalized spacial score (nSPS) is 15.8. The Morgan fingerprint density at radius 1 is 1.15 bits per heavy atom. The van der Waals surface area contributed by atoms with E-state index in [1.165, 1.54) is 4.90 Å². The van der Waals surface area contributed by atoms with Crippen molar-refractivity contribution in [3.05, 3.63) is 64.3 Å². The van der Waals surface area contributed by atoms with Gasteiger partial charge in [0.25, 0.3) is 0 Å². The first-order chi connectivity index (χ1) is 9.78. The number of benzene rings is 2. The summed E-state index contributed by atoms with van der Waals surface area (Å²) in [7, 11) is 0. The molecule has 0 atom stereocenters. The van der Waals surface area contributed by atoms with Gasteiger partial charge in [-0.15, -0.1) is 11.8 Å². The highest BCUT2D eigenvalue weighted by Gasteiger charge is 2.16. The Morgan fingerprint density at radius 3 is 2.65 bits per heavy atom. The molecule has 2 aromatic rings. The summed E-state index contributed by atoms with van der Waals surface area (Å²) < 4.78 is 1.01. The SMILES string of the molecule is N#C/C(=C1\CSc2ccccc2N1)c1ccc(Br)cc1. The van der Waals surface area contributed by atoms with Crippen LogP contribution in [0.15, 0.2) is 63.6 Å². The van der Waals surface area contributed by atoms with E-state index >= 15 is 0 Å². The lowest BCUT2D eigenvalue weighted by Gasteiger charge is -2.21. The van der Waals surface area contributed by atoms with Crippen molar-refractivity contribution in [2.24, 2.45) is 0 Å². The molecule has 2 nitrogen and oxygen atoms in total. The van der Waals surface area contributed by atoms with Crippen LogP contribution in [0.25, 0.3) is 5.57 Å². The van der Waals surface area contributed by atoms with E-state index in [9.17, 15) is 5.26 Å². The van der Waals surface area contributed by atoms with Gasteiger partial charge in [0.15, 0.2) is 0 Å². The van der Waals surface area contributed by atoms with Crippen LogP contribution in [0.5, 0.6) is 0 Å². The summed E-state index contributed by atoms with van der Waals surface area (Å²) in [6.07, 6.45) is 0. The van der Waals surface area contributed by atoms with Crippen molar-refractivity contribution in [3.63, 3.8) is 0 Å². The van der Waals surface area contributed by atoms with Crippen LogP contribution in [-0.4, -0.2) is 5.75 Å². The van der Waals surface area contributed by atoms with Crippen LogP contribution in [0.3, 0.4) is 0 Å². The molecule has 2 aromatic carbocycles. The molecule has 0 aliphatic carbocycles. The Balaban J connectivity index is 2.01. The van der Waals surface area contributed by atoms with E-state index in [-0.39, 0.29) is 0 Å². The highest BCUT2D eigenvalue weighted by Crippen LogP contribution is 2.36. The lowest BCUT2D eigenvalue weighted by Crippen LogP contribution is -2.10. The molecule has 0 aromatic heterocycles. The third-order valence-corrected chi connectivity index (χ3v) is 4.72. The van der Waals surface area contributed by atoms with Crippen molar-refractivity contribution in [2.75, 3.05) is 11.1 Å². The minimum absolute atomic E-state index is 0.708. The average molecular weight is 343 g/mol. The van der Waals surface area contributed by atoms with Crippen LogP contribution in [0.2, 0.25) is 0 Å². The fourth-order valence-electron chi connectivity index (χ4n) is 2.10. The fourth-order valence-corrected chi connectivity index (χ4v) is 3.33. The number of para-hydroxylation sites is 1. The summed E-state index contributed by atoms with van der Waals surface area (Å²) >= 11 is 5.17. The predicted octanol–water partition coefficient (Wildman–Crippen LogP) is 4.90. The molecular formula is C16H11BrN2S. The van der Waals surface area contributed by atoms with Crippen molar-refractivity contribution >= 4 is 39.0 Å². The van der Waals surface area contributed by atoms with E-state index in [1.807, 2.05) is 42.5 Å². The van der Waals surface area contributed by atoms with Crippen molar-refractivity contribution in [1.29, 1.82) is 5.26 Å². The molecule has 0 radical (unpaired) electrons. The fraction of sp³-hybridized carbons (Fsp3) is 0.0625. The molecular weight excluding hydrogens is 332 g/mol. The number of rotatable bonds is 1. The Bertz CT molecular complexity index is 714. The van der Waals surface area contributed by atoms with Crippen LogP contribution in [0.4, 0.5) is 5.69 Å². The second-order valence-electron chi connectivity index (χ2n) is 4.38. The number of thioether (sulfide) groups is 1. The topological polar surface area (TPSA) is 35.8 Å². The maximum atomic E-state index is 9.48. The summed E-state index contributed by atoms with van der Waals surface area (Å²) in [5.74, 6) is 0.788. The smallest absolute Gasteiger partial charge is 0.102 e. The molecule has 1 aliphatic heterocycles. The van der Waals surface area contributed by atoms with Gasteiger partial charge in [0.05, 0.1) is 11.3 Å². The lowest BCUT2D eigenvalue weighted by molar-refractivity contribution is 1.29. The maximum absolute atomic E-state index is 9.48. The van der Waals surface area contributed by atoms with Crippen LogP contribution in [0.1, 0.15) is 5.56 Å². The van der Waals surface area contributed by atoms with Crippen LogP contribution >= 0.6 is 27.7 Å². The molecule has 1 N–H and O–H groups in total. The Morgan fingerprint density at radius 2 is 1.90 bits per heavy atom. The summed E-state index contributed by atoms with van der Waals surface area (Å²) in [5.41, 5.74) is 3.69. The number of anilines is 1. The quantitative estimate of drug-likeness (QED) is 0.748. The first-order valence-corrected chi connectivity index (χ1v) is 7.94. The molecule has 0 unspecified atom stereocenters. The number of halogens is 1. The van der Waals surface area contributed by atoms with Crippen molar-refractivity contribution in [2.45, 2.75) is 4.90 Å². The van der Waals surface area contributed by atoms with E-state index in [2.05, 4.69) is 33.4 Å². The van der Waals surface area contributed by atoms with Crippen molar-refractivity contribution in [3.8, 4) is 6.07 Å². The van der Waals surface area contributed by atoms with Gasteiger partial charge in [-0.1, -0.05) is 40.2 Å². The molecule has 1 aliphatic rings. The first kappa shape index (κ1) is 13.3. The summed E-state index contributed by atoms with van der Waals surface area (Å²) in [5, 5.41) is 12.9. The molecule has 0 fully saturated rings. The summed E-state index contributed by atoms with van der Waals surface area (Å²) in [4.78, 5) is 1.23. The zero-order valence-electron chi connectivity index (χ0n) is 10.6. The zero-order valence-corrected chi connectivity index (χ0v) is 13.0. The molecule has 98 valence electrons. The maximum Gasteiger partial charge on any atom is 0.102 e. The van der Waals surface area contributed by atoms with Gasteiger partial charge in [0.1, 0.15) is 6.07 Å². The molecule has 0 saturated carbocycles. The van der Waals surface area contributed by atoms with E-state index in [0.29, 0.717) is 5.57 Å². The van der Waals surface area contributed by atoms with Gasteiger partial charge in [-0.3, -0.25) is 0 Å². The number of nitrogens with one attached hydrogen (secondary N) is 1. The molecule has 0 spiro atoms. The zero-order chi connectivity index (χ0) is 13.9. The molecule has 20 heavy (non-hydrogen) atoms. The molecule has 0 amide bonds. The third-order valence-electron chi connectivity index (χ3n) is 3.09. The lowest BCUT2D eigenvalue weighted by atomic mass is 10.1. The number of hydrogen-bond donors (Lipinski definition) is 1. The number of allylic oxidation sites excluding steroid dienone is 1. The molecule has 0 saturated heterocycles. The largest absolute Gasteiger partial charge is 0.356 e. The Labute approximate surface area is 130 Å². The van der Waals surface area contributed by atoms with Gasteiger partial charge < -0.3 is 5.32 Å². The predicted molar refractivity (Wildman–Crippen MR) is 87.5 cm³/mol. The number of nitriles is 1. The van der Waals surface area contributed by atoms with Gasteiger partial charge in [-0.2, -0.15) is 5.26 Å². The highest BCUT2D eigenvalue weighted by atomic mass is 79.9. The van der Waals surface area contributed by atoms with Gasteiger partial charge in [-0.25, -0.2) is 0 Å². The summed E-state index contributed by atoms with van der Waals surface area (Å²) in [6, 6.07) is 18.3. The van der Waals surface area contributed by atoms with Crippen molar-refractivity contribution < 1.29 is 0 Å². The third kappa shape index (κ3) is 2.60. The average Bonchev–Trinajstić information content (AvgIpc) is 2.50. The van der Waals surface area contributed by atoms with Crippen molar-refractivity contribution in [1.82, 2.24) is 0 Å². The van der Waals surface area contributed by atoms with E-state index < -0.39 is 0 Å². The Kier molecular flexibility index (Phi) is 3.81. The second-order valence-corrected chi connectivity index (χ2v) is 6.31. The van der Waals surface area contributed by atoms with Gasteiger partial charge in [0, 0.05) is 20.8 Å². The summed E-state index contributed by atoms with van der Waals surface area (Å²) in [6.45, 7) is 0. The minimum Gasteiger partial charge on any atom is -0.356 e. The number of hydrogen-bond acceptors (Lipinski definition) is 3. The first-order valence-electron chi connectivity index (χ1n) is 6.16. The van der Waals surface area contributed by atoms with Crippen LogP contribution < -0.4 is 5.32 Å². The Hall–Kier alpha value is -1.70. The van der Waals surface area contributed by atoms with Gasteiger partial charge >= 0.3 is 0 Å². The van der Waals surface area contributed by atoms with Crippen LogP contribution in [-0.2, 0) is 0 Å². The molecule has 4 heteroatoms. The van der Waals surface area contributed by atoms with E-state index in [0.717, 1.165) is 27.2 Å². The second kappa shape index (κ2) is 5.74. The van der Waals surface area contributed by atoms with Gasteiger partial charge in [0.2, 0.25) is 0 Å². The number of fused-ring (bicyclic) bond motifs is 1.